The Morgan fingerprint density at radius 3 is 2.43 bits per heavy atom. The van der Waals surface area contributed by atoms with Crippen LogP contribution in [-0.4, -0.2) is 29.9 Å². The number of unbranched alkanes of at least 4 members (excludes halogenated alkanes) is 2. The van der Waals surface area contributed by atoms with Gasteiger partial charge in [0.05, 0.1) is 0 Å². The summed E-state index contributed by atoms with van der Waals surface area (Å²) in [6.45, 7) is 8.24. The van der Waals surface area contributed by atoms with Gasteiger partial charge in [-0.2, -0.15) is 0 Å². The highest BCUT2D eigenvalue weighted by Gasteiger charge is 2.21. The summed E-state index contributed by atoms with van der Waals surface area (Å²) in [5.41, 5.74) is 0. The Balaban J connectivity index is 2.09. The number of alkyl halides is 1. The molecule has 0 amide bonds. The van der Waals surface area contributed by atoms with Gasteiger partial charge in [-0.15, -0.1) is 11.6 Å². The molecule has 0 aromatic carbocycles. The summed E-state index contributed by atoms with van der Waals surface area (Å²) in [5, 5.41) is 0.368. The van der Waals surface area contributed by atoms with E-state index in [9.17, 15) is 0 Å². The molecule has 0 radical (unpaired) electrons. The molecule has 0 bridgehead atoms. The van der Waals surface area contributed by atoms with Crippen molar-refractivity contribution in [1.29, 1.82) is 0 Å². The molecule has 1 aliphatic heterocycles. The molecule has 0 saturated carbocycles. The Labute approximate surface area is 93.8 Å². The van der Waals surface area contributed by atoms with Crippen molar-refractivity contribution in [2.45, 2.75) is 51.3 Å². The maximum Gasteiger partial charge on any atom is 0.0337 e. The van der Waals surface area contributed by atoms with E-state index in [-0.39, 0.29) is 0 Å². The second kappa shape index (κ2) is 6.68. The third-order valence-corrected chi connectivity index (χ3v) is 3.72. The molecule has 0 aromatic heterocycles. The number of rotatable bonds is 5. The van der Waals surface area contributed by atoms with Crippen LogP contribution in [0.4, 0.5) is 0 Å². The van der Waals surface area contributed by atoms with Crippen LogP contribution in [-0.2, 0) is 0 Å². The molecule has 1 saturated heterocycles. The number of halogens is 1. The first kappa shape index (κ1) is 12.3. The van der Waals surface area contributed by atoms with Crippen LogP contribution in [0.15, 0.2) is 0 Å². The molecule has 0 aromatic rings. The van der Waals surface area contributed by atoms with Gasteiger partial charge in [0.1, 0.15) is 0 Å². The quantitative estimate of drug-likeness (QED) is 0.503. The molecule has 84 valence electrons. The lowest BCUT2D eigenvalue weighted by Crippen LogP contribution is -2.36. The minimum atomic E-state index is 0.368. The molecule has 2 heteroatoms. The highest BCUT2D eigenvalue weighted by molar-refractivity contribution is 6.20. The molecule has 1 unspecified atom stereocenters. The van der Waals surface area contributed by atoms with Crippen molar-refractivity contribution < 1.29 is 0 Å². The topological polar surface area (TPSA) is 3.24 Å². The van der Waals surface area contributed by atoms with E-state index in [0.29, 0.717) is 5.38 Å². The SMILES string of the molecule is CCCCCN1CCC(C(C)Cl)CC1. The van der Waals surface area contributed by atoms with Gasteiger partial charge in [-0.1, -0.05) is 19.8 Å². The fraction of sp³-hybridized carbons (Fsp3) is 1.00. The standard InChI is InChI=1S/C12H24ClN/c1-3-4-5-8-14-9-6-12(7-10-14)11(2)13/h11-12H,3-10H2,1-2H3. The zero-order valence-corrected chi connectivity index (χ0v) is 10.4. The van der Waals surface area contributed by atoms with E-state index in [1.807, 2.05) is 0 Å². The number of nitrogens with zero attached hydrogens (tertiary/aromatic N) is 1. The molecule has 1 fully saturated rings. The van der Waals surface area contributed by atoms with Gasteiger partial charge in [0.25, 0.3) is 0 Å². The molecule has 1 nitrogen and oxygen atoms in total. The fourth-order valence-corrected chi connectivity index (χ4v) is 2.47. The largest absolute Gasteiger partial charge is 0.303 e. The van der Waals surface area contributed by atoms with E-state index < -0.39 is 0 Å². The lowest BCUT2D eigenvalue weighted by Gasteiger charge is -2.33. The Kier molecular flexibility index (Phi) is 5.88. The van der Waals surface area contributed by atoms with E-state index >= 15 is 0 Å². The first-order chi connectivity index (χ1) is 6.74. The molecule has 1 atom stereocenters. The monoisotopic (exact) mass is 217 g/mol. The van der Waals surface area contributed by atoms with E-state index in [2.05, 4.69) is 18.7 Å². The minimum Gasteiger partial charge on any atom is -0.303 e. The summed E-state index contributed by atoms with van der Waals surface area (Å²) in [5.74, 6) is 0.763. The summed E-state index contributed by atoms with van der Waals surface area (Å²) < 4.78 is 0. The Bertz CT molecular complexity index is 139. The van der Waals surface area contributed by atoms with Gasteiger partial charge in [-0.25, -0.2) is 0 Å². The second-order valence-corrected chi connectivity index (χ2v) is 5.25. The predicted molar refractivity (Wildman–Crippen MR) is 64.0 cm³/mol. The van der Waals surface area contributed by atoms with Gasteiger partial charge >= 0.3 is 0 Å². The summed E-state index contributed by atoms with van der Waals surface area (Å²) in [7, 11) is 0. The van der Waals surface area contributed by atoms with Crippen molar-refractivity contribution in [2.75, 3.05) is 19.6 Å². The Hall–Kier alpha value is 0.250. The van der Waals surface area contributed by atoms with Gasteiger partial charge in [0.2, 0.25) is 0 Å². The van der Waals surface area contributed by atoms with E-state index in [1.54, 1.807) is 0 Å². The zero-order valence-electron chi connectivity index (χ0n) is 9.64. The van der Waals surface area contributed by atoms with Crippen LogP contribution in [0.3, 0.4) is 0 Å². The highest BCUT2D eigenvalue weighted by Crippen LogP contribution is 2.23. The Morgan fingerprint density at radius 1 is 1.29 bits per heavy atom. The van der Waals surface area contributed by atoms with Crippen LogP contribution in [0.25, 0.3) is 0 Å². The predicted octanol–water partition coefficient (Wildman–Crippen LogP) is 3.52. The van der Waals surface area contributed by atoms with Crippen LogP contribution in [0.2, 0.25) is 0 Å². The normalized spacial score (nSPS) is 22.5. The van der Waals surface area contributed by atoms with Crippen molar-refractivity contribution in [3.8, 4) is 0 Å². The van der Waals surface area contributed by atoms with Crippen molar-refractivity contribution >= 4 is 11.6 Å². The third kappa shape index (κ3) is 4.18. The van der Waals surface area contributed by atoms with Crippen molar-refractivity contribution in [3.63, 3.8) is 0 Å². The average molecular weight is 218 g/mol. The second-order valence-electron chi connectivity index (χ2n) is 4.56. The van der Waals surface area contributed by atoms with E-state index in [0.717, 1.165) is 5.92 Å². The van der Waals surface area contributed by atoms with Crippen molar-refractivity contribution in [1.82, 2.24) is 4.90 Å². The molecular weight excluding hydrogens is 194 g/mol. The lowest BCUT2D eigenvalue weighted by molar-refractivity contribution is 0.181. The van der Waals surface area contributed by atoms with Crippen molar-refractivity contribution in [3.05, 3.63) is 0 Å². The molecule has 0 aliphatic carbocycles. The summed E-state index contributed by atoms with van der Waals surface area (Å²) >= 11 is 6.11. The molecule has 0 N–H and O–H groups in total. The molecule has 14 heavy (non-hydrogen) atoms. The average Bonchev–Trinajstić information content (AvgIpc) is 2.19. The van der Waals surface area contributed by atoms with E-state index in [1.165, 1.54) is 51.7 Å². The smallest absolute Gasteiger partial charge is 0.0337 e. The van der Waals surface area contributed by atoms with Crippen LogP contribution in [0, 0.1) is 5.92 Å². The number of likely N-dealkylation sites (tertiary alicyclic amines) is 1. The summed E-state index contributed by atoms with van der Waals surface area (Å²) in [6, 6.07) is 0. The van der Waals surface area contributed by atoms with Crippen LogP contribution in [0.1, 0.15) is 46.0 Å². The van der Waals surface area contributed by atoms with Gasteiger partial charge in [0, 0.05) is 5.38 Å². The van der Waals surface area contributed by atoms with Crippen LogP contribution >= 0.6 is 11.6 Å². The highest BCUT2D eigenvalue weighted by atomic mass is 35.5. The fourth-order valence-electron chi connectivity index (χ4n) is 2.22. The van der Waals surface area contributed by atoms with Crippen molar-refractivity contribution in [2.24, 2.45) is 5.92 Å². The molecule has 0 spiro atoms. The van der Waals surface area contributed by atoms with Gasteiger partial charge < -0.3 is 4.90 Å². The van der Waals surface area contributed by atoms with Crippen LogP contribution < -0.4 is 0 Å². The molecule has 1 aliphatic rings. The Morgan fingerprint density at radius 2 is 1.93 bits per heavy atom. The van der Waals surface area contributed by atoms with Gasteiger partial charge in [-0.3, -0.25) is 0 Å². The number of piperidine rings is 1. The molecule has 1 rings (SSSR count). The molecular formula is C12H24ClN. The van der Waals surface area contributed by atoms with E-state index in [4.69, 9.17) is 11.6 Å². The first-order valence-electron chi connectivity index (χ1n) is 6.10. The zero-order chi connectivity index (χ0) is 10.4. The third-order valence-electron chi connectivity index (χ3n) is 3.36. The maximum atomic E-state index is 6.11. The summed E-state index contributed by atoms with van der Waals surface area (Å²) in [4.78, 5) is 2.60. The van der Waals surface area contributed by atoms with Crippen LogP contribution in [0.5, 0.6) is 0 Å². The molecule has 1 heterocycles. The minimum absolute atomic E-state index is 0.368. The number of hydrogen-bond acceptors (Lipinski definition) is 1. The first-order valence-corrected chi connectivity index (χ1v) is 6.54. The van der Waals surface area contributed by atoms with Gasteiger partial charge in [0.15, 0.2) is 0 Å². The van der Waals surface area contributed by atoms with Gasteiger partial charge in [-0.05, 0) is 51.7 Å². The number of hydrogen-bond donors (Lipinski definition) is 0. The maximum absolute atomic E-state index is 6.11. The summed E-state index contributed by atoms with van der Waals surface area (Å²) in [6.07, 6.45) is 6.69. The lowest BCUT2D eigenvalue weighted by atomic mass is 9.94.